The molecule has 0 radical (unpaired) electrons. The number of carboxylic acids is 1. The fourth-order valence-corrected chi connectivity index (χ4v) is 3.19. The Kier molecular flexibility index (Phi) is 4.44. The van der Waals surface area contributed by atoms with E-state index in [-0.39, 0.29) is 5.91 Å². The highest BCUT2D eigenvalue weighted by Gasteiger charge is 2.36. The second-order valence-electron chi connectivity index (χ2n) is 4.46. The maximum atomic E-state index is 12.2. The lowest BCUT2D eigenvalue weighted by Gasteiger charge is -2.24. The lowest BCUT2D eigenvalue weighted by molar-refractivity contribution is -0.148. The fourth-order valence-electron chi connectivity index (χ4n) is 2.03. The number of aliphatic carboxylic acids is 1. The first-order valence-corrected chi connectivity index (χ1v) is 7.15. The highest BCUT2D eigenvalue weighted by molar-refractivity contribution is 7.99. The average Bonchev–Trinajstić information content (AvgIpc) is 2.88. The molecule has 0 saturated carbocycles. The molecule has 1 amide bonds. The molecule has 0 aromatic heterocycles. The standard InChI is InChI=1S/C13H16N2O3S/c14-10(6-9-4-2-1-3-5-9)12(16)15-8-19-7-11(15)13(17)18/h1-5,10-11H,6-8,14H2,(H,17,18)/t10-,11-/m0/s1. The molecule has 1 aromatic rings. The van der Waals surface area contributed by atoms with E-state index in [4.69, 9.17) is 10.8 Å². The van der Waals surface area contributed by atoms with E-state index in [9.17, 15) is 9.59 Å². The van der Waals surface area contributed by atoms with E-state index < -0.39 is 18.1 Å². The molecule has 1 aliphatic heterocycles. The zero-order valence-electron chi connectivity index (χ0n) is 10.4. The molecule has 6 heteroatoms. The van der Waals surface area contributed by atoms with Crippen LogP contribution in [0.2, 0.25) is 0 Å². The Morgan fingerprint density at radius 2 is 2.11 bits per heavy atom. The van der Waals surface area contributed by atoms with Gasteiger partial charge in [-0.25, -0.2) is 4.79 Å². The van der Waals surface area contributed by atoms with Crippen LogP contribution in [-0.4, -0.2) is 45.6 Å². The number of nitrogens with zero attached hydrogens (tertiary/aromatic N) is 1. The zero-order chi connectivity index (χ0) is 13.8. The second kappa shape index (κ2) is 6.08. The van der Waals surface area contributed by atoms with Crippen LogP contribution in [0.5, 0.6) is 0 Å². The minimum absolute atomic E-state index is 0.291. The summed E-state index contributed by atoms with van der Waals surface area (Å²) in [7, 11) is 0. The van der Waals surface area contributed by atoms with Gasteiger partial charge in [0.2, 0.25) is 5.91 Å². The molecule has 0 aliphatic carbocycles. The highest BCUT2D eigenvalue weighted by atomic mass is 32.2. The summed E-state index contributed by atoms with van der Waals surface area (Å²) in [6.07, 6.45) is 0.424. The molecule has 0 spiro atoms. The third-order valence-electron chi connectivity index (χ3n) is 3.07. The Morgan fingerprint density at radius 1 is 1.42 bits per heavy atom. The number of hydrogen-bond donors (Lipinski definition) is 2. The van der Waals surface area contributed by atoms with Gasteiger partial charge in [-0.15, -0.1) is 11.8 Å². The van der Waals surface area contributed by atoms with Crippen molar-refractivity contribution in [1.82, 2.24) is 4.90 Å². The summed E-state index contributed by atoms with van der Waals surface area (Å²) >= 11 is 1.44. The number of hydrogen-bond acceptors (Lipinski definition) is 4. The lowest BCUT2D eigenvalue weighted by atomic mass is 10.1. The number of thioether (sulfide) groups is 1. The van der Waals surface area contributed by atoms with E-state index in [1.165, 1.54) is 16.7 Å². The van der Waals surface area contributed by atoms with Crippen molar-refractivity contribution in [3.05, 3.63) is 35.9 Å². The van der Waals surface area contributed by atoms with Gasteiger partial charge >= 0.3 is 5.97 Å². The van der Waals surface area contributed by atoms with E-state index in [1.54, 1.807) is 0 Å². The number of carbonyl (C=O) groups is 2. The SMILES string of the molecule is N[C@@H](Cc1ccccc1)C(=O)N1CSC[C@H]1C(=O)O. The first-order valence-electron chi connectivity index (χ1n) is 6.00. The number of benzene rings is 1. The van der Waals surface area contributed by atoms with Crippen LogP contribution in [-0.2, 0) is 16.0 Å². The van der Waals surface area contributed by atoms with Gasteiger partial charge in [-0.1, -0.05) is 30.3 Å². The first-order chi connectivity index (χ1) is 9.09. The molecule has 1 saturated heterocycles. The van der Waals surface area contributed by atoms with Crippen molar-refractivity contribution in [2.45, 2.75) is 18.5 Å². The summed E-state index contributed by atoms with van der Waals surface area (Å²) in [5.41, 5.74) is 6.87. The van der Waals surface area contributed by atoms with E-state index in [1.807, 2.05) is 30.3 Å². The van der Waals surface area contributed by atoms with Crippen molar-refractivity contribution in [3.8, 4) is 0 Å². The lowest BCUT2D eigenvalue weighted by Crippen LogP contribution is -2.49. The molecule has 0 bridgehead atoms. The molecule has 2 atom stereocenters. The van der Waals surface area contributed by atoms with Gasteiger partial charge in [0, 0.05) is 5.75 Å². The van der Waals surface area contributed by atoms with Gasteiger partial charge in [-0.3, -0.25) is 4.79 Å². The molecular weight excluding hydrogens is 264 g/mol. The Bertz CT molecular complexity index is 466. The van der Waals surface area contributed by atoms with Crippen molar-refractivity contribution >= 4 is 23.6 Å². The summed E-state index contributed by atoms with van der Waals surface area (Å²) in [4.78, 5) is 24.6. The summed E-state index contributed by atoms with van der Waals surface area (Å²) in [5, 5.41) is 9.06. The topological polar surface area (TPSA) is 83.6 Å². The van der Waals surface area contributed by atoms with Gasteiger partial charge in [0.25, 0.3) is 0 Å². The first kappa shape index (κ1) is 13.9. The summed E-state index contributed by atoms with van der Waals surface area (Å²) in [6.45, 7) is 0. The van der Waals surface area contributed by atoms with Crippen LogP contribution in [0.3, 0.4) is 0 Å². The second-order valence-corrected chi connectivity index (χ2v) is 5.46. The van der Waals surface area contributed by atoms with Crippen LogP contribution in [0, 0.1) is 0 Å². The molecule has 3 N–H and O–H groups in total. The van der Waals surface area contributed by atoms with Crippen LogP contribution >= 0.6 is 11.8 Å². The van der Waals surface area contributed by atoms with Gasteiger partial charge in [0.1, 0.15) is 6.04 Å². The van der Waals surface area contributed by atoms with Crippen molar-refractivity contribution in [2.75, 3.05) is 11.6 Å². The normalized spacial score (nSPS) is 20.3. The number of carboxylic acid groups (broad SMARTS) is 1. The predicted molar refractivity (Wildman–Crippen MR) is 73.7 cm³/mol. The van der Waals surface area contributed by atoms with Crippen LogP contribution in [0.1, 0.15) is 5.56 Å². The molecule has 19 heavy (non-hydrogen) atoms. The van der Waals surface area contributed by atoms with Crippen molar-refractivity contribution in [2.24, 2.45) is 5.73 Å². The van der Waals surface area contributed by atoms with Gasteiger partial charge < -0.3 is 15.7 Å². The van der Waals surface area contributed by atoms with Crippen molar-refractivity contribution < 1.29 is 14.7 Å². The largest absolute Gasteiger partial charge is 0.480 e. The van der Waals surface area contributed by atoms with Gasteiger partial charge in [0.15, 0.2) is 0 Å². The third kappa shape index (κ3) is 3.27. The minimum Gasteiger partial charge on any atom is -0.480 e. The molecule has 1 aromatic carbocycles. The van der Waals surface area contributed by atoms with Gasteiger partial charge in [-0.05, 0) is 12.0 Å². The summed E-state index contributed by atoms with van der Waals surface area (Å²) in [6, 6.07) is 8.04. The monoisotopic (exact) mass is 280 g/mol. The van der Waals surface area contributed by atoms with Gasteiger partial charge in [0.05, 0.1) is 11.9 Å². The molecule has 1 heterocycles. The number of nitrogens with two attached hydrogens (primary N) is 1. The van der Waals surface area contributed by atoms with Crippen LogP contribution in [0.4, 0.5) is 0 Å². The Balaban J connectivity index is 2.01. The molecule has 5 nitrogen and oxygen atoms in total. The molecule has 1 fully saturated rings. The van der Waals surface area contributed by atoms with Crippen LogP contribution < -0.4 is 5.73 Å². The fraction of sp³-hybridized carbons (Fsp3) is 0.385. The molecule has 102 valence electrons. The number of rotatable bonds is 4. The Hall–Kier alpha value is -1.53. The smallest absolute Gasteiger partial charge is 0.327 e. The van der Waals surface area contributed by atoms with E-state index in [2.05, 4.69) is 0 Å². The van der Waals surface area contributed by atoms with Crippen LogP contribution in [0.25, 0.3) is 0 Å². The molecule has 0 unspecified atom stereocenters. The zero-order valence-corrected chi connectivity index (χ0v) is 11.2. The van der Waals surface area contributed by atoms with E-state index in [0.29, 0.717) is 18.1 Å². The maximum absolute atomic E-state index is 12.2. The number of carbonyl (C=O) groups excluding carboxylic acids is 1. The van der Waals surface area contributed by atoms with Crippen LogP contribution in [0.15, 0.2) is 30.3 Å². The number of amides is 1. The summed E-state index contributed by atoms with van der Waals surface area (Å²) in [5.74, 6) is -0.427. The molecule has 2 rings (SSSR count). The van der Waals surface area contributed by atoms with E-state index in [0.717, 1.165) is 5.56 Å². The molecule has 1 aliphatic rings. The van der Waals surface area contributed by atoms with Crippen molar-refractivity contribution in [3.63, 3.8) is 0 Å². The maximum Gasteiger partial charge on any atom is 0.327 e. The Morgan fingerprint density at radius 3 is 2.74 bits per heavy atom. The summed E-state index contributed by atoms with van der Waals surface area (Å²) < 4.78 is 0. The van der Waals surface area contributed by atoms with Gasteiger partial charge in [-0.2, -0.15) is 0 Å². The van der Waals surface area contributed by atoms with Crippen molar-refractivity contribution in [1.29, 1.82) is 0 Å². The minimum atomic E-state index is -0.967. The Labute approximate surface area is 115 Å². The quantitative estimate of drug-likeness (QED) is 0.841. The average molecular weight is 280 g/mol. The highest BCUT2D eigenvalue weighted by Crippen LogP contribution is 2.22. The van der Waals surface area contributed by atoms with E-state index >= 15 is 0 Å². The third-order valence-corrected chi connectivity index (χ3v) is 4.08. The molecular formula is C13H16N2O3S. The predicted octanol–water partition coefficient (Wildman–Crippen LogP) is 0.543.